The smallest absolute Gasteiger partial charge is 0.122 e. The topological polar surface area (TPSA) is 35.2 Å². The molecule has 0 aliphatic rings. The zero-order valence-corrected chi connectivity index (χ0v) is 10.6. The number of hydrogen-bond acceptors (Lipinski definition) is 2. The Bertz CT molecular complexity index is 323. The molecule has 2 N–H and O–H groups in total. The summed E-state index contributed by atoms with van der Waals surface area (Å²) in [7, 11) is 1.73. The molecule has 2 nitrogen and oxygen atoms in total. The summed E-state index contributed by atoms with van der Waals surface area (Å²) in [5, 5.41) is 0. The molecule has 0 bridgehead atoms. The number of nitrogens with two attached hydrogens (primary N) is 1. The Labute approximate surface area is 98.8 Å². The number of ether oxygens (including phenoxy) is 1. The first kappa shape index (κ1) is 13.0. The number of methoxy groups -OCH3 is 1. The zero-order valence-electron chi connectivity index (χ0n) is 10.6. The monoisotopic (exact) mass is 221 g/mol. The molecule has 0 saturated heterocycles. The minimum absolute atomic E-state index is 0.656. The van der Waals surface area contributed by atoms with Crippen molar-refractivity contribution in [2.24, 2.45) is 11.7 Å². The van der Waals surface area contributed by atoms with Crippen LogP contribution in [-0.4, -0.2) is 13.7 Å². The third-order valence-corrected chi connectivity index (χ3v) is 2.97. The molecule has 16 heavy (non-hydrogen) atoms. The maximum atomic E-state index is 5.56. The molecule has 2 heteroatoms. The molecule has 0 aliphatic heterocycles. The fraction of sp³-hybridized carbons (Fsp3) is 0.571. The van der Waals surface area contributed by atoms with Crippen molar-refractivity contribution in [3.63, 3.8) is 0 Å². The van der Waals surface area contributed by atoms with E-state index in [1.165, 1.54) is 11.1 Å². The molecule has 90 valence electrons. The first-order chi connectivity index (χ1) is 7.71. The lowest BCUT2D eigenvalue weighted by molar-refractivity contribution is 0.409. The molecule has 0 aromatic heterocycles. The second kappa shape index (κ2) is 6.54. The van der Waals surface area contributed by atoms with Crippen molar-refractivity contribution in [1.82, 2.24) is 0 Å². The lowest BCUT2D eigenvalue weighted by atomic mass is 9.96. The Kier molecular flexibility index (Phi) is 5.33. The van der Waals surface area contributed by atoms with Gasteiger partial charge in [-0.2, -0.15) is 0 Å². The summed E-state index contributed by atoms with van der Waals surface area (Å²) in [4.78, 5) is 0. The summed E-state index contributed by atoms with van der Waals surface area (Å²) in [6.07, 6.45) is 3.21. The van der Waals surface area contributed by atoms with Gasteiger partial charge in [-0.1, -0.05) is 26.0 Å². The summed E-state index contributed by atoms with van der Waals surface area (Å²) < 4.78 is 5.32. The van der Waals surface area contributed by atoms with E-state index in [1.807, 2.05) is 0 Å². The van der Waals surface area contributed by atoms with Crippen LogP contribution in [0.3, 0.4) is 0 Å². The van der Waals surface area contributed by atoms with Crippen molar-refractivity contribution in [3.05, 3.63) is 29.3 Å². The van der Waals surface area contributed by atoms with Crippen LogP contribution >= 0.6 is 0 Å². The molecule has 0 saturated carbocycles. The number of aryl methyl sites for hydroxylation is 1. The summed E-state index contributed by atoms with van der Waals surface area (Å²) in [5.41, 5.74) is 8.24. The molecule has 1 aromatic carbocycles. The van der Waals surface area contributed by atoms with Gasteiger partial charge in [0.1, 0.15) is 5.75 Å². The van der Waals surface area contributed by atoms with Crippen molar-refractivity contribution in [3.8, 4) is 5.75 Å². The second-order valence-electron chi connectivity index (χ2n) is 4.39. The van der Waals surface area contributed by atoms with Crippen molar-refractivity contribution >= 4 is 0 Å². The van der Waals surface area contributed by atoms with E-state index in [2.05, 4.69) is 32.0 Å². The fourth-order valence-electron chi connectivity index (χ4n) is 2.02. The predicted octanol–water partition coefficient (Wildman–Crippen LogP) is 2.79. The van der Waals surface area contributed by atoms with E-state index in [4.69, 9.17) is 10.5 Å². The van der Waals surface area contributed by atoms with Crippen molar-refractivity contribution < 1.29 is 4.74 Å². The van der Waals surface area contributed by atoms with Gasteiger partial charge < -0.3 is 10.5 Å². The third kappa shape index (κ3) is 3.53. The van der Waals surface area contributed by atoms with Crippen LogP contribution in [0.15, 0.2) is 18.2 Å². The van der Waals surface area contributed by atoms with Crippen LogP contribution in [0.25, 0.3) is 0 Å². The van der Waals surface area contributed by atoms with E-state index in [0.29, 0.717) is 5.92 Å². The highest BCUT2D eigenvalue weighted by molar-refractivity contribution is 5.37. The van der Waals surface area contributed by atoms with Crippen LogP contribution in [0.2, 0.25) is 0 Å². The Hall–Kier alpha value is -1.02. The van der Waals surface area contributed by atoms with E-state index in [-0.39, 0.29) is 0 Å². The van der Waals surface area contributed by atoms with Gasteiger partial charge in [-0.15, -0.1) is 0 Å². The van der Waals surface area contributed by atoms with Crippen molar-refractivity contribution in [1.29, 1.82) is 0 Å². The molecule has 0 aliphatic carbocycles. The highest BCUT2D eigenvalue weighted by Gasteiger charge is 2.06. The van der Waals surface area contributed by atoms with Gasteiger partial charge >= 0.3 is 0 Å². The molecule has 0 fully saturated rings. The molecule has 1 rings (SSSR count). The molecule has 0 amide bonds. The Balaban J connectivity index is 2.74. The summed E-state index contributed by atoms with van der Waals surface area (Å²) in [6, 6.07) is 6.49. The Morgan fingerprint density at radius 1 is 1.38 bits per heavy atom. The summed E-state index contributed by atoms with van der Waals surface area (Å²) >= 11 is 0. The van der Waals surface area contributed by atoms with Gasteiger partial charge in [-0.25, -0.2) is 0 Å². The molecule has 0 heterocycles. The molecular weight excluding hydrogens is 198 g/mol. The lowest BCUT2D eigenvalue weighted by Gasteiger charge is -2.13. The standard InChI is InChI=1S/C14H23NO/c1-4-13-10-12(5-6-14(13)16-3)9-11(2)7-8-15/h5-6,10-11H,4,7-9,15H2,1-3H3. The van der Waals surface area contributed by atoms with E-state index in [9.17, 15) is 0 Å². The normalized spacial score (nSPS) is 12.5. The van der Waals surface area contributed by atoms with Crippen LogP contribution in [0.4, 0.5) is 0 Å². The van der Waals surface area contributed by atoms with Crippen LogP contribution in [0, 0.1) is 5.92 Å². The van der Waals surface area contributed by atoms with Gasteiger partial charge in [0.25, 0.3) is 0 Å². The summed E-state index contributed by atoms with van der Waals surface area (Å²) in [5.74, 6) is 1.65. The SMILES string of the molecule is CCc1cc(CC(C)CCN)ccc1OC. The highest BCUT2D eigenvalue weighted by atomic mass is 16.5. The van der Waals surface area contributed by atoms with Crippen molar-refractivity contribution in [2.45, 2.75) is 33.1 Å². The van der Waals surface area contributed by atoms with Gasteiger partial charge in [0.2, 0.25) is 0 Å². The first-order valence-corrected chi connectivity index (χ1v) is 6.07. The molecule has 1 aromatic rings. The average molecular weight is 221 g/mol. The Morgan fingerprint density at radius 2 is 2.12 bits per heavy atom. The van der Waals surface area contributed by atoms with E-state index in [0.717, 1.165) is 31.6 Å². The third-order valence-electron chi connectivity index (χ3n) is 2.97. The van der Waals surface area contributed by atoms with Gasteiger partial charge in [-0.3, -0.25) is 0 Å². The molecule has 0 radical (unpaired) electrons. The molecular formula is C14H23NO. The van der Waals surface area contributed by atoms with Gasteiger partial charge in [0, 0.05) is 0 Å². The van der Waals surface area contributed by atoms with Crippen molar-refractivity contribution in [2.75, 3.05) is 13.7 Å². The van der Waals surface area contributed by atoms with Gasteiger partial charge in [0.15, 0.2) is 0 Å². The predicted molar refractivity (Wildman–Crippen MR) is 68.9 cm³/mol. The molecule has 1 atom stereocenters. The number of rotatable bonds is 6. The minimum atomic E-state index is 0.656. The number of hydrogen-bond donors (Lipinski definition) is 1. The quantitative estimate of drug-likeness (QED) is 0.801. The maximum absolute atomic E-state index is 5.56. The van der Waals surface area contributed by atoms with Gasteiger partial charge in [0.05, 0.1) is 7.11 Å². The van der Waals surface area contributed by atoms with E-state index in [1.54, 1.807) is 7.11 Å². The summed E-state index contributed by atoms with van der Waals surface area (Å²) in [6.45, 7) is 5.19. The van der Waals surface area contributed by atoms with Gasteiger partial charge in [-0.05, 0) is 48.9 Å². The van der Waals surface area contributed by atoms with Crippen LogP contribution in [-0.2, 0) is 12.8 Å². The average Bonchev–Trinajstić information content (AvgIpc) is 2.29. The number of benzene rings is 1. The Morgan fingerprint density at radius 3 is 2.69 bits per heavy atom. The maximum Gasteiger partial charge on any atom is 0.122 e. The minimum Gasteiger partial charge on any atom is -0.496 e. The zero-order chi connectivity index (χ0) is 12.0. The molecule has 1 unspecified atom stereocenters. The first-order valence-electron chi connectivity index (χ1n) is 6.07. The lowest BCUT2D eigenvalue weighted by Crippen LogP contribution is -2.08. The van der Waals surface area contributed by atoms with E-state index >= 15 is 0 Å². The van der Waals surface area contributed by atoms with Crippen LogP contribution in [0.1, 0.15) is 31.4 Å². The largest absolute Gasteiger partial charge is 0.496 e. The highest BCUT2D eigenvalue weighted by Crippen LogP contribution is 2.22. The second-order valence-corrected chi connectivity index (χ2v) is 4.39. The fourth-order valence-corrected chi connectivity index (χ4v) is 2.02. The van der Waals surface area contributed by atoms with Crippen LogP contribution in [0.5, 0.6) is 5.75 Å². The van der Waals surface area contributed by atoms with Crippen LogP contribution < -0.4 is 10.5 Å². The van der Waals surface area contributed by atoms with E-state index < -0.39 is 0 Å². The molecule has 0 spiro atoms.